The van der Waals surface area contributed by atoms with Crippen molar-refractivity contribution in [3.8, 4) is 0 Å². The van der Waals surface area contributed by atoms with Crippen molar-refractivity contribution in [3.05, 3.63) is 12.2 Å². The van der Waals surface area contributed by atoms with Crippen molar-refractivity contribution in [2.24, 2.45) is 0 Å². The molecule has 0 atom stereocenters. The van der Waals surface area contributed by atoms with Gasteiger partial charge >= 0.3 is 5.97 Å². The van der Waals surface area contributed by atoms with Crippen LogP contribution in [0.25, 0.3) is 0 Å². The highest BCUT2D eigenvalue weighted by Crippen LogP contribution is 2.25. The van der Waals surface area contributed by atoms with E-state index in [1.165, 1.54) is 12.8 Å². The average Bonchev–Trinajstić information content (AvgIpc) is 2.86. The highest BCUT2D eigenvalue weighted by molar-refractivity contribution is 5.88. The molecule has 0 saturated heterocycles. The fraction of sp³-hybridized carbons (Fsp3) is 0.700. The molecule has 1 aliphatic rings. The van der Waals surface area contributed by atoms with Gasteiger partial charge in [-0.15, -0.1) is 0 Å². The molecule has 0 bridgehead atoms. The average molecular weight is 183 g/mol. The first-order chi connectivity index (χ1) is 6.15. The molecular weight excluding hydrogens is 166 g/mol. The minimum Gasteiger partial charge on any atom is -0.463 e. The number of carbonyl (C=O) groups excluding carboxylic acids is 1. The highest BCUT2D eigenvalue weighted by atomic mass is 16.5. The van der Waals surface area contributed by atoms with Crippen LogP contribution >= 0.6 is 0 Å². The molecule has 1 saturated carbocycles. The van der Waals surface area contributed by atoms with E-state index < -0.39 is 0 Å². The summed E-state index contributed by atoms with van der Waals surface area (Å²) < 4.78 is 4.84. The molecule has 3 nitrogen and oxygen atoms in total. The second-order valence-corrected chi connectivity index (χ2v) is 3.47. The van der Waals surface area contributed by atoms with Gasteiger partial charge in [-0.25, -0.2) is 4.79 Å². The minimum atomic E-state index is -0.269. The van der Waals surface area contributed by atoms with Crippen LogP contribution in [0.2, 0.25) is 0 Å². The number of hydrogen-bond acceptors (Lipinski definition) is 3. The van der Waals surface area contributed by atoms with Crippen LogP contribution < -0.4 is 0 Å². The van der Waals surface area contributed by atoms with E-state index in [0.717, 1.165) is 0 Å². The minimum absolute atomic E-state index is 0.269. The number of carbonyl (C=O) groups is 1. The molecule has 3 heteroatoms. The van der Waals surface area contributed by atoms with Crippen molar-refractivity contribution >= 4 is 5.97 Å². The third-order valence-corrected chi connectivity index (χ3v) is 2.17. The normalized spacial score (nSPS) is 15.9. The van der Waals surface area contributed by atoms with Crippen LogP contribution in [0.4, 0.5) is 0 Å². The number of esters is 1. The summed E-state index contributed by atoms with van der Waals surface area (Å²) in [7, 11) is 2.02. The first-order valence-corrected chi connectivity index (χ1v) is 4.70. The largest absolute Gasteiger partial charge is 0.463 e. The van der Waals surface area contributed by atoms with Gasteiger partial charge in [-0.3, -0.25) is 4.90 Å². The van der Waals surface area contributed by atoms with E-state index in [1.54, 1.807) is 6.92 Å². The fourth-order valence-electron chi connectivity index (χ4n) is 1.24. The lowest BCUT2D eigenvalue weighted by atomic mass is 10.3. The SMILES string of the molecule is C=C(CN(C)C1CC1)C(=O)OCC. The molecule has 0 amide bonds. The van der Waals surface area contributed by atoms with Gasteiger partial charge in [0.05, 0.1) is 6.61 Å². The van der Waals surface area contributed by atoms with Gasteiger partial charge in [0.15, 0.2) is 0 Å². The Bertz CT molecular complexity index is 209. The van der Waals surface area contributed by atoms with Crippen LogP contribution in [0.3, 0.4) is 0 Å². The van der Waals surface area contributed by atoms with Crippen LogP contribution in [0.1, 0.15) is 19.8 Å². The summed E-state index contributed by atoms with van der Waals surface area (Å²) in [6.45, 7) is 6.56. The van der Waals surface area contributed by atoms with Crippen LogP contribution in [-0.4, -0.2) is 37.1 Å². The molecule has 1 aliphatic carbocycles. The summed E-state index contributed by atoms with van der Waals surface area (Å²) in [5.74, 6) is -0.269. The smallest absolute Gasteiger partial charge is 0.334 e. The van der Waals surface area contributed by atoms with E-state index >= 15 is 0 Å². The van der Waals surface area contributed by atoms with E-state index in [1.807, 2.05) is 7.05 Å². The predicted octanol–water partition coefficient (Wildman–Crippen LogP) is 1.20. The van der Waals surface area contributed by atoms with Gasteiger partial charge in [-0.1, -0.05) is 6.58 Å². The summed E-state index contributed by atoms with van der Waals surface area (Å²) in [5, 5.41) is 0. The lowest BCUT2D eigenvalue weighted by Gasteiger charge is -2.15. The molecule has 0 aromatic heterocycles. The zero-order valence-electron chi connectivity index (χ0n) is 8.38. The Kier molecular flexibility index (Phi) is 3.48. The first kappa shape index (κ1) is 10.3. The lowest BCUT2D eigenvalue weighted by molar-refractivity contribution is -0.138. The molecular formula is C10H17NO2. The maximum absolute atomic E-state index is 11.2. The maximum Gasteiger partial charge on any atom is 0.334 e. The van der Waals surface area contributed by atoms with E-state index in [-0.39, 0.29) is 5.97 Å². The molecule has 0 unspecified atom stereocenters. The lowest BCUT2D eigenvalue weighted by Crippen LogP contribution is -2.26. The predicted molar refractivity (Wildman–Crippen MR) is 51.4 cm³/mol. The molecule has 0 aromatic carbocycles. The molecule has 0 N–H and O–H groups in total. The molecule has 1 fully saturated rings. The first-order valence-electron chi connectivity index (χ1n) is 4.70. The van der Waals surface area contributed by atoms with Crippen LogP contribution in [-0.2, 0) is 9.53 Å². The monoisotopic (exact) mass is 183 g/mol. The Balaban J connectivity index is 2.26. The molecule has 1 rings (SSSR count). The Morgan fingerprint density at radius 1 is 1.62 bits per heavy atom. The van der Waals surface area contributed by atoms with Crippen molar-refractivity contribution in [1.82, 2.24) is 4.90 Å². The van der Waals surface area contributed by atoms with E-state index in [4.69, 9.17) is 4.74 Å². The second kappa shape index (κ2) is 4.42. The number of rotatable bonds is 5. The van der Waals surface area contributed by atoms with Crippen molar-refractivity contribution in [2.75, 3.05) is 20.2 Å². The molecule has 13 heavy (non-hydrogen) atoms. The van der Waals surface area contributed by atoms with Gasteiger partial charge in [-0.2, -0.15) is 0 Å². The molecule has 0 spiro atoms. The quantitative estimate of drug-likeness (QED) is 0.474. The summed E-state index contributed by atoms with van der Waals surface area (Å²) in [6.07, 6.45) is 2.49. The van der Waals surface area contributed by atoms with E-state index in [2.05, 4.69) is 11.5 Å². The Hall–Kier alpha value is -0.830. The summed E-state index contributed by atoms with van der Waals surface area (Å²) in [4.78, 5) is 13.3. The number of likely N-dealkylation sites (N-methyl/N-ethyl adjacent to an activating group) is 1. The van der Waals surface area contributed by atoms with Crippen molar-refractivity contribution < 1.29 is 9.53 Å². The Morgan fingerprint density at radius 3 is 2.69 bits per heavy atom. The third-order valence-electron chi connectivity index (χ3n) is 2.17. The van der Waals surface area contributed by atoms with Gasteiger partial charge in [0.2, 0.25) is 0 Å². The van der Waals surface area contributed by atoms with Gasteiger partial charge in [0, 0.05) is 18.2 Å². The maximum atomic E-state index is 11.2. The zero-order valence-corrected chi connectivity index (χ0v) is 8.38. The van der Waals surface area contributed by atoms with Gasteiger partial charge in [0.25, 0.3) is 0 Å². The Labute approximate surface area is 79.4 Å². The molecule has 0 radical (unpaired) electrons. The molecule has 0 aromatic rings. The van der Waals surface area contributed by atoms with E-state index in [9.17, 15) is 4.79 Å². The summed E-state index contributed by atoms with van der Waals surface area (Å²) >= 11 is 0. The number of ether oxygens (including phenoxy) is 1. The summed E-state index contributed by atoms with van der Waals surface area (Å²) in [5.41, 5.74) is 0.552. The van der Waals surface area contributed by atoms with Gasteiger partial charge in [-0.05, 0) is 26.8 Å². The van der Waals surface area contributed by atoms with Crippen molar-refractivity contribution in [2.45, 2.75) is 25.8 Å². The molecule has 0 aliphatic heterocycles. The summed E-state index contributed by atoms with van der Waals surface area (Å²) in [6, 6.07) is 0.658. The highest BCUT2D eigenvalue weighted by Gasteiger charge is 2.27. The third kappa shape index (κ3) is 3.19. The van der Waals surface area contributed by atoms with Gasteiger partial charge in [0.1, 0.15) is 0 Å². The molecule has 0 heterocycles. The standard InChI is InChI=1S/C10H17NO2/c1-4-13-10(12)8(2)7-11(3)9-5-6-9/h9H,2,4-7H2,1,3H3. The van der Waals surface area contributed by atoms with Crippen molar-refractivity contribution in [3.63, 3.8) is 0 Å². The zero-order chi connectivity index (χ0) is 9.84. The fourth-order valence-corrected chi connectivity index (χ4v) is 1.24. The van der Waals surface area contributed by atoms with Crippen LogP contribution in [0.15, 0.2) is 12.2 Å². The Morgan fingerprint density at radius 2 is 2.23 bits per heavy atom. The van der Waals surface area contributed by atoms with Crippen molar-refractivity contribution in [1.29, 1.82) is 0 Å². The van der Waals surface area contributed by atoms with Crippen LogP contribution in [0.5, 0.6) is 0 Å². The molecule has 74 valence electrons. The van der Waals surface area contributed by atoms with E-state index in [0.29, 0.717) is 24.8 Å². The van der Waals surface area contributed by atoms with Crippen LogP contribution in [0, 0.1) is 0 Å². The number of nitrogens with zero attached hydrogens (tertiary/aromatic N) is 1. The number of hydrogen-bond donors (Lipinski definition) is 0. The van der Waals surface area contributed by atoms with Gasteiger partial charge < -0.3 is 4.74 Å². The second-order valence-electron chi connectivity index (χ2n) is 3.47. The topological polar surface area (TPSA) is 29.5 Å².